The summed E-state index contributed by atoms with van der Waals surface area (Å²) < 4.78 is 13.9. The van der Waals surface area contributed by atoms with Gasteiger partial charge in [-0.3, -0.25) is 4.79 Å². The van der Waals surface area contributed by atoms with Gasteiger partial charge < -0.3 is 10.4 Å². The summed E-state index contributed by atoms with van der Waals surface area (Å²) in [6.45, 7) is 0. The lowest BCUT2D eigenvalue weighted by Gasteiger charge is -2.15. The summed E-state index contributed by atoms with van der Waals surface area (Å²) in [5, 5.41) is 12.2. The number of hydrogen-bond donors (Lipinski definition) is 2. The smallest absolute Gasteiger partial charge is 0.326 e. The van der Waals surface area contributed by atoms with Crippen molar-refractivity contribution in [2.75, 3.05) is 0 Å². The second-order valence-corrected chi connectivity index (χ2v) is 6.58. The van der Waals surface area contributed by atoms with Gasteiger partial charge in [0.05, 0.1) is 0 Å². The van der Waals surface area contributed by atoms with Crippen LogP contribution in [0.25, 0.3) is 0 Å². The Hall–Kier alpha value is -2.40. The third kappa shape index (κ3) is 3.99. The van der Waals surface area contributed by atoms with Crippen molar-refractivity contribution in [1.82, 2.24) is 5.32 Å². The molecule has 1 aliphatic rings. The fourth-order valence-electron chi connectivity index (χ4n) is 3.00. The zero-order valence-corrected chi connectivity index (χ0v) is 14.0. The molecule has 130 valence electrons. The predicted molar refractivity (Wildman–Crippen MR) is 92.0 cm³/mol. The second-order valence-electron chi connectivity index (χ2n) is 6.17. The Bertz CT molecular complexity index is 776. The van der Waals surface area contributed by atoms with Gasteiger partial charge >= 0.3 is 5.97 Å². The van der Waals surface area contributed by atoms with E-state index in [0.717, 1.165) is 5.56 Å². The predicted octanol–water partition coefficient (Wildman–Crippen LogP) is 3.39. The lowest BCUT2D eigenvalue weighted by Crippen LogP contribution is -2.43. The van der Waals surface area contributed by atoms with Crippen LogP contribution in [0.15, 0.2) is 48.5 Å². The average molecular weight is 362 g/mol. The molecule has 1 amide bonds. The molecule has 1 saturated carbocycles. The third-order valence-corrected chi connectivity index (χ3v) is 4.72. The summed E-state index contributed by atoms with van der Waals surface area (Å²) in [6, 6.07) is 12.5. The Morgan fingerprint density at radius 2 is 1.92 bits per heavy atom. The minimum atomic E-state index is -1.10. The molecule has 0 saturated heterocycles. The Balaban J connectivity index is 1.66. The van der Waals surface area contributed by atoms with E-state index >= 15 is 0 Å². The first kappa shape index (κ1) is 17.4. The number of nitrogens with one attached hydrogen (secondary N) is 1. The van der Waals surface area contributed by atoms with Crippen LogP contribution in [0.4, 0.5) is 4.39 Å². The summed E-state index contributed by atoms with van der Waals surface area (Å²) in [7, 11) is 0. The minimum absolute atomic E-state index is 0.194. The lowest BCUT2D eigenvalue weighted by molar-refractivity contribution is -0.142. The topological polar surface area (TPSA) is 66.4 Å². The number of benzene rings is 2. The molecule has 0 radical (unpaired) electrons. The molecule has 0 aliphatic heterocycles. The molecule has 6 heteroatoms. The van der Waals surface area contributed by atoms with Crippen LogP contribution in [0.1, 0.15) is 23.5 Å². The van der Waals surface area contributed by atoms with E-state index in [4.69, 9.17) is 11.6 Å². The van der Waals surface area contributed by atoms with Gasteiger partial charge in [-0.1, -0.05) is 48.0 Å². The molecule has 1 aliphatic carbocycles. The third-order valence-electron chi connectivity index (χ3n) is 4.39. The maximum atomic E-state index is 13.9. The van der Waals surface area contributed by atoms with E-state index in [9.17, 15) is 19.1 Å². The van der Waals surface area contributed by atoms with Crippen LogP contribution in [0.2, 0.25) is 5.02 Å². The number of carboxylic acids is 1. The van der Waals surface area contributed by atoms with E-state index in [0.29, 0.717) is 17.0 Å². The van der Waals surface area contributed by atoms with Crippen LogP contribution in [0.5, 0.6) is 0 Å². The molecule has 0 aromatic heterocycles. The lowest BCUT2D eigenvalue weighted by atomic mass is 10.1. The van der Waals surface area contributed by atoms with E-state index < -0.39 is 23.7 Å². The van der Waals surface area contributed by atoms with Crippen molar-refractivity contribution in [2.45, 2.75) is 24.8 Å². The van der Waals surface area contributed by atoms with Crippen LogP contribution in [0.3, 0.4) is 0 Å². The fraction of sp³-hybridized carbons (Fsp3) is 0.263. The summed E-state index contributed by atoms with van der Waals surface area (Å²) in [5.41, 5.74) is 1.15. The molecular formula is C19H17ClFNO3. The first-order valence-corrected chi connectivity index (χ1v) is 8.36. The molecule has 0 spiro atoms. The van der Waals surface area contributed by atoms with Crippen LogP contribution < -0.4 is 5.32 Å². The molecule has 3 rings (SSSR count). The Morgan fingerprint density at radius 3 is 2.56 bits per heavy atom. The van der Waals surface area contributed by atoms with Crippen molar-refractivity contribution in [3.63, 3.8) is 0 Å². The van der Waals surface area contributed by atoms with Gasteiger partial charge in [0.25, 0.3) is 0 Å². The molecule has 4 nitrogen and oxygen atoms in total. The van der Waals surface area contributed by atoms with Crippen molar-refractivity contribution in [1.29, 1.82) is 0 Å². The van der Waals surface area contributed by atoms with Gasteiger partial charge in [0.15, 0.2) is 0 Å². The molecule has 2 aromatic rings. The average Bonchev–Trinajstić information content (AvgIpc) is 3.35. The largest absolute Gasteiger partial charge is 0.480 e. The number of carbonyl (C=O) groups is 2. The Labute approximate surface area is 149 Å². The molecular weight excluding hydrogens is 345 g/mol. The van der Waals surface area contributed by atoms with Crippen LogP contribution in [-0.2, 0) is 16.0 Å². The number of halogens is 2. The van der Waals surface area contributed by atoms with Crippen LogP contribution in [-0.4, -0.2) is 23.0 Å². The molecule has 1 fully saturated rings. The van der Waals surface area contributed by atoms with E-state index in [1.165, 1.54) is 12.1 Å². The van der Waals surface area contributed by atoms with Gasteiger partial charge in [0.1, 0.15) is 11.9 Å². The van der Waals surface area contributed by atoms with E-state index in [2.05, 4.69) is 5.32 Å². The van der Waals surface area contributed by atoms with Crippen molar-refractivity contribution < 1.29 is 19.1 Å². The maximum absolute atomic E-state index is 13.9. The number of hydrogen-bond acceptors (Lipinski definition) is 2. The first-order chi connectivity index (χ1) is 12.0. The number of amides is 1. The SMILES string of the molecule is O=C(N[C@H](Cc1ccccc1)C(=O)O)C1CC1c1c(F)cccc1Cl. The van der Waals surface area contributed by atoms with Gasteiger partial charge in [0.2, 0.25) is 5.91 Å². The summed E-state index contributed by atoms with van der Waals surface area (Å²) in [5.74, 6) is -2.68. The molecule has 25 heavy (non-hydrogen) atoms. The fourth-order valence-corrected chi connectivity index (χ4v) is 3.30. The normalized spacial score (nSPS) is 19.9. The maximum Gasteiger partial charge on any atom is 0.326 e. The van der Waals surface area contributed by atoms with Crippen LogP contribution in [0, 0.1) is 11.7 Å². The zero-order valence-electron chi connectivity index (χ0n) is 13.3. The number of aliphatic carboxylic acids is 1. The summed E-state index contributed by atoms with van der Waals surface area (Å²) >= 11 is 6.03. The number of carbonyl (C=O) groups excluding carboxylic acids is 1. The quantitative estimate of drug-likeness (QED) is 0.828. The Kier molecular flexibility index (Phi) is 5.04. The van der Waals surface area contributed by atoms with E-state index in [1.54, 1.807) is 18.2 Å². The highest BCUT2D eigenvalue weighted by Gasteiger charge is 2.47. The zero-order chi connectivity index (χ0) is 18.0. The van der Waals surface area contributed by atoms with Gasteiger partial charge in [-0.05, 0) is 24.1 Å². The molecule has 2 unspecified atom stereocenters. The van der Waals surface area contributed by atoms with Gasteiger partial charge in [-0.25, -0.2) is 9.18 Å². The van der Waals surface area contributed by atoms with Crippen molar-refractivity contribution in [2.24, 2.45) is 5.92 Å². The van der Waals surface area contributed by atoms with Gasteiger partial charge in [0, 0.05) is 28.8 Å². The second kappa shape index (κ2) is 7.23. The highest BCUT2D eigenvalue weighted by Crippen LogP contribution is 2.50. The van der Waals surface area contributed by atoms with Crippen LogP contribution >= 0.6 is 11.6 Å². The number of rotatable bonds is 6. The standard InChI is InChI=1S/C19H17ClFNO3/c20-14-7-4-8-15(21)17(14)12-10-13(12)18(23)22-16(19(24)25)9-11-5-2-1-3-6-11/h1-8,12-13,16H,9-10H2,(H,22,23)(H,24,25)/t12?,13?,16-/m1/s1. The number of carboxylic acid groups (broad SMARTS) is 1. The Morgan fingerprint density at radius 1 is 1.20 bits per heavy atom. The van der Waals surface area contributed by atoms with Crippen molar-refractivity contribution in [3.8, 4) is 0 Å². The van der Waals surface area contributed by atoms with Crippen molar-refractivity contribution in [3.05, 3.63) is 70.5 Å². The van der Waals surface area contributed by atoms with E-state index in [-0.39, 0.29) is 18.2 Å². The van der Waals surface area contributed by atoms with Gasteiger partial charge in [-0.2, -0.15) is 0 Å². The summed E-state index contributed by atoms with van der Waals surface area (Å²) in [4.78, 5) is 23.8. The molecule has 2 aromatic carbocycles. The molecule has 0 bridgehead atoms. The molecule has 3 atom stereocenters. The monoisotopic (exact) mass is 361 g/mol. The summed E-state index contributed by atoms with van der Waals surface area (Å²) in [6.07, 6.45) is 0.657. The van der Waals surface area contributed by atoms with Crippen molar-refractivity contribution >= 4 is 23.5 Å². The highest BCUT2D eigenvalue weighted by molar-refractivity contribution is 6.31. The highest BCUT2D eigenvalue weighted by atomic mass is 35.5. The molecule has 0 heterocycles. The molecule has 2 N–H and O–H groups in total. The first-order valence-electron chi connectivity index (χ1n) is 7.98. The van der Waals surface area contributed by atoms with E-state index in [1.807, 2.05) is 18.2 Å². The van der Waals surface area contributed by atoms with Gasteiger partial charge in [-0.15, -0.1) is 0 Å². The minimum Gasteiger partial charge on any atom is -0.480 e.